The molecule has 0 spiro atoms. The lowest BCUT2D eigenvalue weighted by Crippen LogP contribution is -2.54. The fourth-order valence-electron chi connectivity index (χ4n) is 3.31. The Balaban J connectivity index is 1.72. The summed E-state index contributed by atoms with van der Waals surface area (Å²) in [4.78, 5) is 14.7. The first-order valence-electron chi connectivity index (χ1n) is 7.33. The van der Waals surface area contributed by atoms with Crippen LogP contribution in [0.5, 0.6) is 0 Å². The first kappa shape index (κ1) is 12.7. The molecule has 1 N–H and O–H groups in total. The Morgan fingerprint density at radius 1 is 1.32 bits per heavy atom. The zero-order chi connectivity index (χ0) is 13.2. The molecule has 3 nitrogen and oxygen atoms in total. The Labute approximate surface area is 115 Å². The monoisotopic (exact) mass is 258 g/mol. The lowest BCUT2D eigenvalue weighted by Gasteiger charge is -2.37. The van der Waals surface area contributed by atoms with Crippen molar-refractivity contribution in [3.05, 3.63) is 35.4 Å². The summed E-state index contributed by atoms with van der Waals surface area (Å²) in [5.41, 5.74) is 2.80. The molecule has 102 valence electrons. The number of rotatable bonds is 1. The Morgan fingerprint density at radius 3 is 2.89 bits per heavy atom. The third-order valence-electron chi connectivity index (χ3n) is 4.48. The number of benzene rings is 1. The number of aryl methyl sites for hydroxylation is 1. The molecule has 1 aromatic rings. The molecule has 1 aliphatic carbocycles. The molecule has 0 radical (unpaired) electrons. The summed E-state index contributed by atoms with van der Waals surface area (Å²) < 4.78 is 0. The van der Waals surface area contributed by atoms with E-state index in [4.69, 9.17) is 0 Å². The highest BCUT2D eigenvalue weighted by atomic mass is 16.2. The van der Waals surface area contributed by atoms with Crippen molar-refractivity contribution in [1.29, 1.82) is 0 Å². The van der Waals surface area contributed by atoms with Gasteiger partial charge in [-0.15, -0.1) is 0 Å². The molecule has 0 aromatic heterocycles. The Morgan fingerprint density at radius 2 is 2.11 bits per heavy atom. The van der Waals surface area contributed by atoms with Crippen LogP contribution in [0.4, 0.5) is 0 Å². The standard InChI is InChI=1S/C16H22N2O/c1-12-11-17-8-9-18(12)16(19)15-7-6-13-4-2-3-5-14(13)10-15/h2-5,12,15,17H,6-11H2,1H3/t12-,15?/m0/s1. The predicted molar refractivity (Wildman–Crippen MR) is 76.0 cm³/mol. The van der Waals surface area contributed by atoms with Gasteiger partial charge in [0.1, 0.15) is 0 Å². The van der Waals surface area contributed by atoms with Crippen LogP contribution in [0.25, 0.3) is 0 Å². The molecular formula is C16H22N2O. The number of nitrogens with zero attached hydrogens (tertiary/aromatic N) is 1. The van der Waals surface area contributed by atoms with Gasteiger partial charge in [0.25, 0.3) is 0 Å². The number of carbonyl (C=O) groups excluding carboxylic acids is 1. The molecule has 1 aromatic carbocycles. The predicted octanol–water partition coefficient (Wildman–Crippen LogP) is 1.61. The van der Waals surface area contributed by atoms with Crippen molar-refractivity contribution in [2.45, 2.75) is 32.2 Å². The maximum Gasteiger partial charge on any atom is 0.226 e. The van der Waals surface area contributed by atoms with E-state index >= 15 is 0 Å². The van der Waals surface area contributed by atoms with Crippen molar-refractivity contribution in [2.24, 2.45) is 5.92 Å². The molecule has 0 bridgehead atoms. The van der Waals surface area contributed by atoms with Gasteiger partial charge in [0.05, 0.1) is 0 Å². The van der Waals surface area contributed by atoms with Crippen LogP contribution >= 0.6 is 0 Å². The molecule has 1 fully saturated rings. The fourth-order valence-corrected chi connectivity index (χ4v) is 3.31. The van der Waals surface area contributed by atoms with E-state index in [2.05, 4.69) is 41.4 Å². The lowest BCUT2D eigenvalue weighted by atomic mass is 9.83. The van der Waals surface area contributed by atoms with Crippen molar-refractivity contribution in [2.75, 3.05) is 19.6 Å². The van der Waals surface area contributed by atoms with Gasteiger partial charge in [-0.2, -0.15) is 0 Å². The van der Waals surface area contributed by atoms with Crippen molar-refractivity contribution in [1.82, 2.24) is 10.2 Å². The molecule has 1 unspecified atom stereocenters. The minimum Gasteiger partial charge on any atom is -0.337 e. The average molecular weight is 258 g/mol. The van der Waals surface area contributed by atoms with Gasteiger partial charge in [-0.25, -0.2) is 0 Å². The van der Waals surface area contributed by atoms with Gasteiger partial charge >= 0.3 is 0 Å². The van der Waals surface area contributed by atoms with Crippen molar-refractivity contribution < 1.29 is 4.79 Å². The Hall–Kier alpha value is -1.35. The van der Waals surface area contributed by atoms with E-state index < -0.39 is 0 Å². The maximum atomic E-state index is 12.7. The van der Waals surface area contributed by atoms with E-state index in [9.17, 15) is 4.79 Å². The molecule has 3 heteroatoms. The molecule has 2 atom stereocenters. The van der Waals surface area contributed by atoms with Gasteiger partial charge in [0.15, 0.2) is 0 Å². The molecule has 1 aliphatic heterocycles. The third-order valence-corrected chi connectivity index (χ3v) is 4.48. The quantitative estimate of drug-likeness (QED) is 0.830. The molecule has 2 aliphatic rings. The topological polar surface area (TPSA) is 32.3 Å². The average Bonchev–Trinajstić information content (AvgIpc) is 2.46. The molecule has 3 rings (SSSR count). The summed E-state index contributed by atoms with van der Waals surface area (Å²) in [6, 6.07) is 8.89. The van der Waals surface area contributed by atoms with Crippen LogP contribution in [0.15, 0.2) is 24.3 Å². The van der Waals surface area contributed by atoms with E-state index in [0.717, 1.165) is 38.9 Å². The first-order chi connectivity index (χ1) is 9.25. The molecule has 1 saturated heterocycles. The van der Waals surface area contributed by atoms with Crippen molar-refractivity contribution in [3.8, 4) is 0 Å². The van der Waals surface area contributed by atoms with Crippen LogP contribution in [0, 0.1) is 5.92 Å². The number of fused-ring (bicyclic) bond motifs is 1. The highest BCUT2D eigenvalue weighted by Gasteiger charge is 2.31. The number of amides is 1. The summed E-state index contributed by atoms with van der Waals surface area (Å²) in [5.74, 6) is 0.555. The SMILES string of the molecule is C[C@H]1CNCCN1C(=O)C1CCc2ccccc2C1. The molecule has 19 heavy (non-hydrogen) atoms. The van der Waals surface area contributed by atoms with Gasteiger partial charge in [0.2, 0.25) is 5.91 Å². The number of hydrogen-bond acceptors (Lipinski definition) is 2. The fraction of sp³-hybridized carbons (Fsp3) is 0.562. The summed E-state index contributed by atoms with van der Waals surface area (Å²) in [5, 5.41) is 3.34. The van der Waals surface area contributed by atoms with E-state index in [-0.39, 0.29) is 5.92 Å². The van der Waals surface area contributed by atoms with E-state index in [1.54, 1.807) is 0 Å². The Kier molecular flexibility index (Phi) is 3.56. The first-order valence-corrected chi connectivity index (χ1v) is 7.33. The van der Waals surface area contributed by atoms with Gasteiger partial charge in [-0.1, -0.05) is 24.3 Å². The second-order valence-electron chi connectivity index (χ2n) is 5.79. The molecular weight excluding hydrogens is 236 g/mol. The van der Waals surface area contributed by atoms with Crippen LogP contribution in [0.1, 0.15) is 24.5 Å². The van der Waals surface area contributed by atoms with Crippen LogP contribution < -0.4 is 5.32 Å². The van der Waals surface area contributed by atoms with Crippen LogP contribution in [0.2, 0.25) is 0 Å². The van der Waals surface area contributed by atoms with Crippen molar-refractivity contribution in [3.63, 3.8) is 0 Å². The summed E-state index contributed by atoms with van der Waals surface area (Å²) in [7, 11) is 0. The van der Waals surface area contributed by atoms with Crippen LogP contribution in [0.3, 0.4) is 0 Å². The number of carbonyl (C=O) groups is 1. The second kappa shape index (κ2) is 5.33. The zero-order valence-electron chi connectivity index (χ0n) is 11.6. The summed E-state index contributed by atoms with van der Waals surface area (Å²) in [6.45, 7) is 4.85. The lowest BCUT2D eigenvalue weighted by molar-refractivity contribution is -0.138. The maximum absolute atomic E-state index is 12.7. The minimum absolute atomic E-state index is 0.190. The van der Waals surface area contributed by atoms with Crippen LogP contribution in [-0.4, -0.2) is 36.5 Å². The van der Waals surface area contributed by atoms with Crippen molar-refractivity contribution >= 4 is 5.91 Å². The number of piperazine rings is 1. The van der Waals surface area contributed by atoms with E-state index in [1.165, 1.54) is 11.1 Å². The number of hydrogen-bond donors (Lipinski definition) is 1. The summed E-state index contributed by atoms with van der Waals surface area (Å²) >= 11 is 0. The van der Waals surface area contributed by atoms with Gasteiger partial charge in [-0.3, -0.25) is 4.79 Å². The number of nitrogens with one attached hydrogen (secondary N) is 1. The largest absolute Gasteiger partial charge is 0.337 e. The smallest absolute Gasteiger partial charge is 0.226 e. The normalized spacial score (nSPS) is 26.9. The second-order valence-corrected chi connectivity index (χ2v) is 5.79. The third kappa shape index (κ3) is 2.52. The highest BCUT2D eigenvalue weighted by Crippen LogP contribution is 2.27. The minimum atomic E-state index is 0.190. The van der Waals surface area contributed by atoms with Gasteiger partial charge in [0, 0.05) is 31.6 Å². The molecule has 1 heterocycles. The van der Waals surface area contributed by atoms with E-state index in [1.807, 2.05) is 0 Å². The zero-order valence-corrected chi connectivity index (χ0v) is 11.6. The highest BCUT2D eigenvalue weighted by molar-refractivity contribution is 5.80. The van der Waals surface area contributed by atoms with Crippen LogP contribution in [-0.2, 0) is 17.6 Å². The molecule has 1 amide bonds. The summed E-state index contributed by atoms with van der Waals surface area (Å²) in [6.07, 6.45) is 2.98. The van der Waals surface area contributed by atoms with Gasteiger partial charge < -0.3 is 10.2 Å². The van der Waals surface area contributed by atoms with E-state index in [0.29, 0.717) is 11.9 Å². The van der Waals surface area contributed by atoms with Gasteiger partial charge in [-0.05, 0) is 37.3 Å². The molecule has 0 saturated carbocycles. The Bertz CT molecular complexity index is 472.